The van der Waals surface area contributed by atoms with Crippen LogP contribution in [0, 0.1) is 10.8 Å². The minimum Gasteiger partial charge on any atom is -0.478 e. The summed E-state index contributed by atoms with van der Waals surface area (Å²) in [5.74, 6) is -1.19. The summed E-state index contributed by atoms with van der Waals surface area (Å²) in [5.41, 5.74) is -0.190. The van der Waals surface area contributed by atoms with Crippen molar-refractivity contribution in [2.75, 3.05) is 0 Å². The summed E-state index contributed by atoms with van der Waals surface area (Å²) < 4.78 is 0. The number of aliphatic carboxylic acids is 1. The maximum Gasteiger partial charge on any atom is 0.337 e. The largest absolute Gasteiger partial charge is 0.478 e. The topological polar surface area (TPSA) is 85.0 Å². The van der Waals surface area contributed by atoms with E-state index in [9.17, 15) is 4.79 Å². The summed E-state index contributed by atoms with van der Waals surface area (Å²) in [4.78, 5) is 10.00. The third-order valence-electron chi connectivity index (χ3n) is 0.665. The molecule has 0 aromatic heterocycles. The smallest absolute Gasteiger partial charge is 0.337 e. The number of nitrogens with one attached hydrogen (secondary N) is 2. The van der Waals surface area contributed by atoms with E-state index in [1.165, 1.54) is 0 Å². The Labute approximate surface area is 51.8 Å². The zero-order valence-electron chi connectivity index (χ0n) is 4.59. The number of rotatable bonds is 3. The molecule has 0 rings (SSSR count). The molecule has 4 heteroatoms. The van der Waals surface area contributed by atoms with Crippen molar-refractivity contribution < 1.29 is 9.90 Å². The molecule has 3 N–H and O–H groups in total. The van der Waals surface area contributed by atoms with Gasteiger partial charge in [-0.2, -0.15) is 0 Å². The van der Waals surface area contributed by atoms with E-state index in [2.05, 4.69) is 0 Å². The molecule has 0 amide bonds. The fraction of sp³-hybridized carbons (Fsp3) is 0. The van der Waals surface area contributed by atoms with Gasteiger partial charge in [-0.15, -0.1) is 0 Å². The average molecular weight is 126 g/mol. The molecule has 0 spiro atoms. The van der Waals surface area contributed by atoms with Crippen LogP contribution in [0.3, 0.4) is 0 Å². The highest BCUT2D eigenvalue weighted by molar-refractivity contribution is 6.10. The van der Waals surface area contributed by atoms with Crippen LogP contribution < -0.4 is 0 Å². The number of hydrogen-bond donors (Lipinski definition) is 3. The molecule has 0 fully saturated rings. The minimum absolute atomic E-state index is 0.190. The Kier molecular flexibility index (Phi) is 2.97. The van der Waals surface area contributed by atoms with Crippen LogP contribution in [0.4, 0.5) is 0 Å². The van der Waals surface area contributed by atoms with Crippen LogP contribution in [0.2, 0.25) is 0 Å². The zero-order chi connectivity index (χ0) is 7.28. The Morgan fingerprint density at radius 1 is 1.44 bits per heavy atom. The molecule has 0 saturated heterocycles. The van der Waals surface area contributed by atoms with Gasteiger partial charge in [-0.05, 0) is 6.08 Å². The van der Waals surface area contributed by atoms with Crippen LogP contribution in [-0.4, -0.2) is 23.5 Å². The Bertz CT molecular complexity index is 172. The van der Waals surface area contributed by atoms with Crippen molar-refractivity contribution in [1.29, 1.82) is 10.8 Å². The van der Waals surface area contributed by atoms with Crippen LogP contribution in [0.25, 0.3) is 0 Å². The highest BCUT2D eigenvalue weighted by Crippen LogP contribution is 1.85. The lowest BCUT2D eigenvalue weighted by molar-refractivity contribution is -0.132. The van der Waals surface area contributed by atoms with E-state index in [1.54, 1.807) is 0 Å². The van der Waals surface area contributed by atoms with Crippen molar-refractivity contribution in [3.05, 3.63) is 11.6 Å². The first-order chi connectivity index (χ1) is 4.22. The van der Waals surface area contributed by atoms with Crippen molar-refractivity contribution >= 4 is 18.4 Å². The first-order valence-corrected chi connectivity index (χ1v) is 2.17. The van der Waals surface area contributed by atoms with Gasteiger partial charge in [0, 0.05) is 12.4 Å². The Hall–Kier alpha value is -1.45. The molecule has 0 aliphatic rings. The molecule has 0 unspecified atom stereocenters. The summed E-state index contributed by atoms with van der Waals surface area (Å²) in [5, 5.41) is 21.2. The SMILES string of the molecule is N=C/C=C(\C=N)C(=O)O. The number of carboxylic acid groups (broad SMARTS) is 1. The van der Waals surface area contributed by atoms with Gasteiger partial charge in [0.1, 0.15) is 0 Å². The fourth-order valence-corrected chi connectivity index (χ4v) is 0.271. The molecule has 0 aromatic rings. The Morgan fingerprint density at radius 2 is 2.00 bits per heavy atom. The molecule has 48 valence electrons. The summed E-state index contributed by atoms with van der Waals surface area (Å²) in [7, 11) is 0. The zero-order valence-corrected chi connectivity index (χ0v) is 4.59. The monoisotopic (exact) mass is 126 g/mol. The molecular weight excluding hydrogens is 120 g/mol. The van der Waals surface area contributed by atoms with E-state index < -0.39 is 5.97 Å². The molecule has 0 aromatic carbocycles. The molecule has 0 aliphatic heterocycles. The second-order valence-electron chi connectivity index (χ2n) is 1.24. The Balaban J connectivity index is 4.32. The maximum absolute atomic E-state index is 10.00. The van der Waals surface area contributed by atoms with Gasteiger partial charge in [-0.3, -0.25) is 0 Å². The predicted molar refractivity (Wildman–Crippen MR) is 33.3 cm³/mol. The van der Waals surface area contributed by atoms with E-state index in [4.69, 9.17) is 15.9 Å². The molecule has 9 heavy (non-hydrogen) atoms. The first kappa shape index (κ1) is 7.55. The lowest BCUT2D eigenvalue weighted by Gasteiger charge is -1.85. The molecule has 4 nitrogen and oxygen atoms in total. The van der Waals surface area contributed by atoms with Gasteiger partial charge < -0.3 is 15.9 Å². The first-order valence-electron chi connectivity index (χ1n) is 2.17. The molecular formula is C5H6N2O2. The highest BCUT2D eigenvalue weighted by Gasteiger charge is 1.99. The van der Waals surface area contributed by atoms with Crippen molar-refractivity contribution in [2.24, 2.45) is 0 Å². The quantitative estimate of drug-likeness (QED) is 0.375. The van der Waals surface area contributed by atoms with Gasteiger partial charge in [-0.1, -0.05) is 0 Å². The molecule has 0 saturated carbocycles. The second kappa shape index (κ2) is 3.54. The number of allylic oxidation sites excluding steroid dienone is 1. The van der Waals surface area contributed by atoms with Crippen molar-refractivity contribution in [2.45, 2.75) is 0 Å². The number of carboxylic acids is 1. The molecule has 0 radical (unpaired) electrons. The van der Waals surface area contributed by atoms with Gasteiger partial charge in [0.15, 0.2) is 0 Å². The van der Waals surface area contributed by atoms with Crippen LogP contribution in [-0.2, 0) is 4.79 Å². The van der Waals surface area contributed by atoms with Crippen LogP contribution in [0.5, 0.6) is 0 Å². The fourth-order valence-electron chi connectivity index (χ4n) is 0.271. The van der Waals surface area contributed by atoms with Crippen LogP contribution in [0.15, 0.2) is 11.6 Å². The summed E-state index contributed by atoms with van der Waals surface area (Å²) in [6, 6.07) is 0. The number of hydrogen-bond acceptors (Lipinski definition) is 3. The molecule has 0 bridgehead atoms. The third kappa shape index (κ3) is 2.38. The van der Waals surface area contributed by atoms with Crippen LogP contribution >= 0.6 is 0 Å². The van der Waals surface area contributed by atoms with Crippen molar-refractivity contribution in [3.63, 3.8) is 0 Å². The second-order valence-corrected chi connectivity index (χ2v) is 1.24. The number of carbonyl (C=O) groups is 1. The van der Waals surface area contributed by atoms with E-state index in [1.807, 2.05) is 0 Å². The lowest BCUT2D eigenvalue weighted by Crippen LogP contribution is -2.00. The maximum atomic E-state index is 10.00. The summed E-state index contributed by atoms with van der Waals surface area (Å²) in [6.45, 7) is 0. The third-order valence-corrected chi connectivity index (χ3v) is 0.665. The standard InChI is InChI=1S/C5H6N2O2/c6-2-1-4(3-7)5(8)9/h1-3,6-7H,(H,8,9)/b4-1+,6-2?,7-3?. The Morgan fingerprint density at radius 3 is 2.11 bits per heavy atom. The summed E-state index contributed by atoms with van der Waals surface area (Å²) >= 11 is 0. The van der Waals surface area contributed by atoms with Gasteiger partial charge in [0.2, 0.25) is 0 Å². The van der Waals surface area contributed by atoms with Crippen molar-refractivity contribution in [1.82, 2.24) is 0 Å². The van der Waals surface area contributed by atoms with Crippen LogP contribution in [0.1, 0.15) is 0 Å². The van der Waals surface area contributed by atoms with Gasteiger partial charge in [0.25, 0.3) is 0 Å². The molecule has 0 heterocycles. The molecule has 0 atom stereocenters. The van der Waals surface area contributed by atoms with E-state index >= 15 is 0 Å². The van der Waals surface area contributed by atoms with Crippen molar-refractivity contribution in [3.8, 4) is 0 Å². The molecule has 0 aliphatic carbocycles. The van der Waals surface area contributed by atoms with Gasteiger partial charge >= 0.3 is 5.97 Å². The minimum atomic E-state index is -1.19. The normalized spacial score (nSPS) is 10.4. The van der Waals surface area contributed by atoms with E-state index in [0.717, 1.165) is 12.3 Å². The van der Waals surface area contributed by atoms with E-state index in [0.29, 0.717) is 6.21 Å². The lowest BCUT2D eigenvalue weighted by atomic mass is 10.3. The van der Waals surface area contributed by atoms with E-state index in [-0.39, 0.29) is 5.57 Å². The van der Waals surface area contributed by atoms with Gasteiger partial charge in [0.05, 0.1) is 5.57 Å². The predicted octanol–water partition coefficient (Wildman–Crippen LogP) is 0.297. The van der Waals surface area contributed by atoms with Gasteiger partial charge in [-0.25, -0.2) is 4.79 Å². The average Bonchev–Trinajstić information content (AvgIpc) is 1.82. The highest BCUT2D eigenvalue weighted by atomic mass is 16.4. The summed E-state index contributed by atoms with van der Waals surface area (Å²) in [6.07, 6.45) is 2.55.